The Morgan fingerprint density at radius 1 is 0.641 bits per heavy atom. The fraction of sp³-hybridized carbons (Fsp3) is 0.333. The van der Waals surface area contributed by atoms with Crippen LogP contribution < -0.4 is 10.6 Å². The van der Waals surface area contributed by atoms with Crippen molar-refractivity contribution in [3.63, 3.8) is 0 Å². The van der Waals surface area contributed by atoms with Gasteiger partial charge in [-0.25, -0.2) is 0 Å². The molecule has 2 amide bonds. The molecule has 0 radical (unpaired) electrons. The fourth-order valence-corrected chi connectivity index (χ4v) is 3.21. The van der Waals surface area contributed by atoms with Crippen molar-refractivity contribution in [1.82, 2.24) is 10.6 Å². The number of hydrogen-bond donors (Lipinski definition) is 4. The van der Waals surface area contributed by atoms with Crippen molar-refractivity contribution in [1.29, 1.82) is 0 Å². The Hall–Kier alpha value is -4.06. The zero-order chi connectivity index (χ0) is 28.4. The highest BCUT2D eigenvalue weighted by atomic mass is 16.3. The number of nitrogens with one attached hydrogen (secondary N) is 2. The van der Waals surface area contributed by atoms with Gasteiger partial charge in [-0.2, -0.15) is 0 Å². The lowest BCUT2D eigenvalue weighted by molar-refractivity contribution is -0.117. The first-order valence-corrected chi connectivity index (χ1v) is 13.7. The summed E-state index contributed by atoms with van der Waals surface area (Å²) in [5.74, 6) is -0.802. The van der Waals surface area contributed by atoms with Crippen LogP contribution in [-0.4, -0.2) is 35.1 Å². The zero-order valence-corrected chi connectivity index (χ0v) is 23.1. The molecule has 1 rings (SSSR count). The van der Waals surface area contributed by atoms with Gasteiger partial charge < -0.3 is 20.8 Å². The van der Waals surface area contributed by atoms with Gasteiger partial charge in [-0.1, -0.05) is 79.8 Å². The highest BCUT2D eigenvalue weighted by Crippen LogP contribution is 2.25. The molecule has 0 unspecified atom stereocenters. The Kier molecular flexibility index (Phi) is 19.5. The van der Waals surface area contributed by atoms with E-state index in [0.29, 0.717) is 25.1 Å². The molecule has 0 aliphatic rings. The molecule has 0 heterocycles. The zero-order valence-electron chi connectivity index (χ0n) is 23.1. The first kappa shape index (κ1) is 33.0. The summed E-state index contributed by atoms with van der Waals surface area (Å²) in [6, 6.07) is 4.33. The number of phenolic OH excluding ortho intramolecular Hbond substituents is 2. The second-order valence-electron chi connectivity index (χ2n) is 8.72. The van der Waals surface area contributed by atoms with Gasteiger partial charge in [-0.05, 0) is 81.2 Å². The van der Waals surface area contributed by atoms with E-state index in [1.54, 1.807) is 18.2 Å². The van der Waals surface area contributed by atoms with E-state index in [-0.39, 0.29) is 23.3 Å². The Balaban J connectivity index is 2.01. The van der Waals surface area contributed by atoms with Crippen molar-refractivity contribution in [3.8, 4) is 11.5 Å². The third-order valence-electron chi connectivity index (χ3n) is 5.33. The van der Waals surface area contributed by atoms with Crippen molar-refractivity contribution < 1.29 is 19.8 Å². The molecule has 39 heavy (non-hydrogen) atoms. The molecular formula is C33H44N2O4. The smallest absolute Gasteiger partial charge is 0.243 e. The highest BCUT2D eigenvalue weighted by Gasteiger charge is 2.00. The number of benzene rings is 1. The van der Waals surface area contributed by atoms with Crippen LogP contribution in [0.15, 0.2) is 97.2 Å². The maximum absolute atomic E-state index is 11.9. The first-order chi connectivity index (χ1) is 19.0. The normalized spacial score (nSPS) is 12.4. The second-order valence-corrected chi connectivity index (χ2v) is 8.72. The lowest BCUT2D eigenvalue weighted by Gasteiger charge is -2.04. The summed E-state index contributed by atoms with van der Waals surface area (Å²) in [6.07, 6.45) is 35.0. The summed E-state index contributed by atoms with van der Waals surface area (Å²) in [5.41, 5.74) is 0.609. The maximum atomic E-state index is 11.9. The Morgan fingerprint density at radius 3 is 1.59 bits per heavy atom. The van der Waals surface area contributed by atoms with Gasteiger partial charge in [-0.3, -0.25) is 9.59 Å². The minimum absolute atomic E-state index is 0.119. The number of hydrogen-bond acceptors (Lipinski definition) is 4. The molecule has 6 heteroatoms. The summed E-state index contributed by atoms with van der Waals surface area (Å²) in [5, 5.41) is 24.4. The van der Waals surface area contributed by atoms with Crippen LogP contribution in [0, 0.1) is 0 Å². The summed E-state index contributed by atoms with van der Waals surface area (Å²) < 4.78 is 0. The summed E-state index contributed by atoms with van der Waals surface area (Å²) >= 11 is 0. The van der Waals surface area contributed by atoms with Crippen molar-refractivity contribution in [2.75, 3.05) is 13.1 Å². The van der Waals surface area contributed by atoms with Crippen LogP contribution in [0.25, 0.3) is 6.08 Å². The number of unbranched alkanes of at least 4 members (excludes halogenated alkanes) is 1. The van der Waals surface area contributed by atoms with E-state index < -0.39 is 0 Å². The quantitative estimate of drug-likeness (QED) is 0.0680. The highest BCUT2D eigenvalue weighted by molar-refractivity contribution is 5.91. The topological polar surface area (TPSA) is 98.7 Å². The van der Waals surface area contributed by atoms with Crippen LogP contribution in [0.1, 0.15) is 63.9 Å². The van der Waals surface area contributed by atoms with Crippen LogP contribution in [0.3, 0.4) is 0 Å². The van der Waals surface area contributed by atoms with Crippen LogP contribution >= 0.6 is 0 Å². The predicted octanol–water partition coefficient (Wildman–Crippen LogP) is 6.82. The second kappa shape index (κ2) is 23.1. The molecule has 1 aromatic carbocycles. The predicted molar refractivity (Wildman–Crippen MR) is 162 cm³/mol. The Morgan fingerprint density at radius 2 is 1.10 bits per heavy atom. The molecule has 210 valence electrons. The molecule has 0 aliphatic heterocycles. The van der Waals surface area contributed by atoms with Crippen LogP contribution in [-0.2, 0) is 9.59 Å². The molecule has 0 fully saturated rings. The minimum Gasteiger partial charge on any atom is -0.504 e. The molecule has 6 nitrogen and oxygen atoms in total. The molecule has 0 aliphatic carbocycles. The summed E-state index contributed by atoms with van der Waals surface area (Å²) in [6.45, 7) is 3.19. The Labute approximate surface area is 233 Å². The van der Waals surface area contributed by atoms with Crippen molar-refractivity contribution in [2.24, 2.45) is 0 Å². The summed E-state index contributed by atoms with van der Waals surface area (Å²) in [7, 11) is 0. The SMILES string of the molecule is CCC=CCC=CCC=CCC=CCC=CCC=CC(=O)NCCCCNC(=O)/C=C/c1ccc(O)c(O)c1. The molecule has 0 atom stereocenters. The van der Waals surface area contributed by atoms with E-state index in [1.165, 1.54) is 18.2 Å². The van der Waals surface area contributed by atoms with Gasteiger partial charge in [0.2, 0.25) is 11.8 Å². The molecular weight excluding hydrogens is 488 g/mol. The van der Waals surface area contributed by atoms with E-state index in [1.807, 2.05) is 12.2 Å². The van der Waals surface area contributed by atoms with Crippen LogP contribution in [0.4, 0.5) is 0 Å². The first-order valence-electron chi connectivity index (χ1n) is 13.7. The Bertz CT molecular complexity index is 1050. The largest absolute Gasteiger partial charge is 0.504 e. The van der Waals surface area contributed by atoms with E-state index >= 15 is 0 Å². The van der Waals surface area contributed by atoms with Crippen molar-refractivity contribution in [3.05, 3.63) is 103 Å². The number of aromatic hydroxyl groups is 2. The fourth-order valence-electron chi connectivity index (χ4n) is 3.21. The number of carbonyl (C=O) groups is 2. The number of carbonyl (C=O) groups excluding carboxylic acids is 2. The van der Waals surface area contributed by atoms with E-state index in [2.05, 4.69) is 72.2 Å². The van der Waals surface area contributed by atoms with Gasteiger partial charge in [0.25, 0.3) is 0 Å². The molecule has 0 spiro atoms. The standard InChI is InChI=1S/C33H44N2O4/c1-2-3-4-5-6-7-8-9-10-11-12-13-14-15-16-17-18-21-32(38)34-26-19-20-27-35-33(39)25-23-29-22-24-30(36)31(37)28-29/h3-4,6-7,9-10,12-13,15-16,18,21-25,28,36-37H,2,5,8,11,14,17,19-20,26-27H2,1H3,(H,34,38)(H,35,39)/b4-3?,7-6?,10-9?,13-12?,16-15?,21-18?,25-23+. The summed E-state index contributed by atoms with van der Waals surface area (Å²) in [4.78, 5) is 23.7. The van der Waals surface area contributed by atoms with E-state index in [9.17, 15) is 19.8 Å². The van der Waals surface area contributed by atoms with Crippen LogP contribution in [0.5, 0.6) is 11.5 Å². The average molecular weight is 533 g/mol. The lowest BCUT2D eigenvalue weighted by Crippen LogP contribution is -2.25. The number of phenols is 2. The molecule has 4 N–H and O–H groups in total. The molecule has 1 aromatic rings. The number of amides is 2. The molecule has 0 bridgehead atoms. The minimum atomic E-state index is -0.246. The van der Waals surface area contributed by atoms with Gasteiger partial charge >= 0.3 is 0 Å². The third kappa shape index (κ3) is 19.7. The van der Waals surface area contributed by atoms with E-state index in [0.717, 1.165) is 44.9 Å². The number of rotatable bonds is 19. The van der Waals surface area contributed by atoms with Gasteiger partial charge in [0.1, 0.15) is 0 Å². The molecule has 0 aromatic heterocycles. The molecule has 0 saturated carbocycles. The van der Waals surface area contributed by atoms with Gasteiger partial charge in [0.05, 0.1) is 0 Å². The average Bonchev–Trinajstić information content (AvgIpc) is 2.93. The number of allylic oxidation sites excluding steroid dienone is 11. The van der Waals surface area contributed by atoms with Crippen LogP contribution in [0.2, 0.25) is 0 Å². The van der Waals surface area contributed by atoms with Gasteiger partial charge in [0, 0.05) is 19.2 Å². The lowest BCUT2D eigenvalue weighted by atomic mass is 10.2. The van der Waals surface area contributed by atoms with Gasteiger partial charge in [0.15, 0.2) is 11.5 Å². The molecule has 0 saturated heterocycles. The van der Waals surface area contributed by atoms with E-state index in [4.69, 9.17) is 0 Å². The van der Waals surface area contributed by atoms with Crippen molar-refractivity contribution in [2.45, 2.75) is 58.3 Å². The maximum Gasteiger partial charge on any atom is 0.243 e. The van der Waals surface area contributed by atoms with Crippen molar-refractivity contribution >= 4 is 17.9 Å². The van der Waals surface area contributed by atoms with Gasteiger partial charge in [-0.15, -0.1) is 0 Å². The third-order valence-corrected chi connectivity index (χ3v) is 5.33. The monoisotopic (exact) mass is 532 g/mol.